The van der Waals surface area contributed by atoms with Gasteiger partial charge in [-0.1, -0.05) is 20.3 Å². The maximum Gasteiger partial charge on any atom is 0.335 e. The van der Waals surface area contributed by atoms with Gasteiger partial charge in [0.15, 0.2) is 0 Å². The Labute approximate surface area is 111 Å². The highest BCUT2D eigenvalue weighted by molar-refractivity contribution is 7.99. The normalized spacial score (nSPS) is 12.4. The second-order valence-corrected chi connectivity index (χ2v) is 5.64. The second-order valence-electron chi connectivity index (χ2n) is 4.18. The van der Waals surface area contributed by atoms with E-state index < -0.39 is 5.97 Å². The number of pyridine rings is 1. The molecule has 0 spiro atoms. The minimum absolute atomic E-state index is 0.134. The minimum atomic E-state index is -0.925. The van der Waals surface area contributed by atoms with Crippen molar-refractivity contribution in [1.82, 2.24) is 4.98 Å². The van der Waals surface area contributed by atoms with Gasteiger partial charge in [0.2, 0.25) is 0 Å². The van der Waals surface area contributed by atoms with Crippen LogP contribution in [0, 0.1) is 0 Å². The molecule has 0 saturated carbocycles. The quantitative estimate of drug-likeness (QED) is 0.744. The first-order valence-electron chi connectivity index (χ1n) is 6.08. The van der Waals surface area contributed by atoms with Crippen LogP contribution in [0.4, 0.5) is 0 Å². The zero-order valence-corrected chi connectivity index (χ0v) is 11.5. The highest BCUT2D eigenvalue weighted by Crippen LogP contribution is 2.25. The summed E-state index contributed by atoms with van der Waals surface area (Å²) in [6.45, 7) is 4.17. The number of carboxylic acids is 1. The van der Waals surface area contributed by atoms with Crippen molar-refractivity contribution in [2.24, 2.45) is 0 Å². The third-order valence-corrected chi connectivity index (χ3v) is 3.55. The van der Waals surface area contributed by atoms with Crippen LogP contribution in [0.2, 0.25) is 0 Å². The van der Waals surface area contributed by atoms with E-state index in [9.17, 15) is 4.79 Å². The molecule has 5 heteroatoms. The van der Waals surface area contributed by atoms with Gasteiger partial charge >= 0.3 is 5.97 Å². The summed E-state index contributed by atoms with van der Waals surface area (Å²) in [4.78, 5) is 15.5. The van der Waals surface area contributed by atoms with Crippen LogP contribution in [-0.2, 0) is 6.42 Å². The first kappa shape index (κ1) is 15.0. The van der Waals surface area contributed by atoms with E-state index in [-0.39, 0.29) is 17.4 Å². The van der Waals surface area contributed by atoms with E-state index >= 15 is 0 Å². The zero-order chi connectivity index (χ0) is 13.5. The Morgan fingerprint density at radius 2 is 2.22 bits per heavy atom. The number of hydrogen-bond acceptors (Lipinski definition) is 4. The molecule has 0 bridgehead atoms. The minimum Gasteiger partial charge on any atom is -0.478 e. The number of aryl methyl sites for hydroxylation is 1. The monoisotopic (exact) mass is 269 g/mol. The summed E-state index contributed by atoms with van der Waals surface area (Å²) in [7, 11) is 0. The Balaban J connectivity index is 2.91. The molecule has 18 heavy (non-hydrogen) atoms. The predicted molar refractivity (Wildman–Crippen MR) is 72.2 cm³/mol. The van der Waals surface area contributed by atoms with Gasteiger partial charge < -0.3 is 10.2 Å². The van der Waals surface area contributed by atoms with Crippen molar-refractivity contribution in [1.29, 1.82) is 0 Å². The van der Waals surface area contributed by atoms with Crippen molar-refractivity contribution in [2.45, 2.75) is 43.4 Å². The van der Waals surface area contributed by atoms with Crippen LogP contribution in [0.25, 0.3) is 0 Å². The Bertz CT molecular complexity index is 409. The lowest BCUT2D eigenvalue weighted by Crippen LogP contribution is -2.04. The molecule has 1 rings (SSSR count). The number of hydrogen-bond donors (Lipinski definition) is 2. The van der Waals surface area contributed by atoms with Crippen LogP contribution in [0.3, 0.4) is 0 Å². The fourth-order valence-electron chi connectivity index (χ4n) is 1.58. The smallest absolute Gasteiger partial charge is 0.335 e. The standard InChI is InChI=1S/C13H19NO3S/c1-3-4-11-7-10(13(16)17)8-12(14-11)18-9(2)5-6-15/h7-9,15H,3-6H2,1-2H3,(H,16,17). The Kier molecular flexibility index (Phi) is 6.15. The van der Waals surface area contributed by atoms with Crippen molar-refractivity contribution in [3.8, 4) is 0 Å². The molecular formula is C13H19NO3S. The van der Waals surface area contributed by atoms with Crippen LogP contribution in [0.1, 0.15) is 42.7 Å². The fraction of sp³-hybridized carbons (Fsp3) is 0.538. The van der Waals surface area contributed by atoms with Crippen molar-refractivity contribution in [3.63, 3.8) is 0 Å². The molecular weight excluding hydrogens is 250 g/mol. The maximum absolute atomic E-state index is 11.0. The molecule has 1 aromatic rings. The van der Waals surface area contributed by atoms with Gasteiger partial charge in [0.05, 0.1) is 10.6 Å². The molecule has 0 radical (unpaired) electrons. The van der Waals surface area contributed by atoms with E-state index in [1.807, 2.05) is 13.8 Å². The third kappa shape index (κ3) is 4.66. The third-order valence-electron chi connectivity index (χ3n) is 2.47. The predicted octanol–water partition coefficient (Wildman–Crippen LogP) is 2.60. The molecule has 0 aromatic carbocycles. The van der Waals surface area contributed by atoms with Crippen LogP contribution in [0.15, 0.2) is 17.2 Å². The summed E-state index contributed by atoms with van der Waals surface area (Å²) in [5, 5.41) is 18.9. The summed E-state index contributed by atoms with van der Waals surface area (Å²) in [5.41, 5.74) is 1.10. The van der Waals surface area contributed by atoms with Gasteiger partial charge in [-0.15, -0.1) is 11.8 Å². The Morgan fingerprint density at radius 3 is 2.78 bits per heavy atom. The van der Waals surface area contributed by atoms with E-state index in [1.54, 1.807) is 12.1 Å². The molecule has 1 heterocycles. The van der Waals surface area contributed by atoms with Crippen molar-refractivity contribution >= 4 is 17.7 Å². The van der Waals surface area contributed by atoms with Gasteiger partial charge in [-0.3, -0.25) is 0 Å². The number of aliphatic hydroxyl groups excluding tert-OH is 1. The lowest BCUT2D eigenvalue weighted by atomic mass is 10.2. The molecule has 0 aliphatic rings. The van der Waals surface area contributed by atoms with E-state index in [4.69, 9.17) is 10.2 Å². The molecule has 1 aromatic heterocycles. The highest BCUT2D eigenvalue weighted by atomic mass is 32.2. The second kappa shape index (κ2) is 7.38. The molecule has 0 amide bonds. The van der Waals surface area contributed by atoms with Gasteiger partial charge in [-0.2, -0.15) is 0 Å². The maximum atomic E-state index is 11.0. The molecule has 100 valence electrons. The van der Waals surface area contributed by atoms with Crippen LogP contribution in [0.5, 0.6) is 0 Å². The number of carbonyl (C=O) groups is 1. The Hall–Kier alpha value is -1.07. The molecule has 0 saturated heterocycles. The first-order valence-corrected chi connectivity index (χ1v) is 6.96. The van der Waals surface area contributed by atoms with Crippen LogP contribution >= 0.6 is 11.8 Å². The van der Waals surface area contributed by atoms with Gasteiger partial charge in [0, 0.05) is 17.6 Å². The SMILES string of the molecule is CCCc1cc(C(=O)O)cc(SC(C)CCO)n1. The van der Waals surface area contributed by atoms with Crippen molar-refractivity contribution in [3.05, 3.63) is 23.4 Å². The number of nitrogens with zero attached hydrogens (tertiary/aromatic N) is 1. The molecule has 4 nitrogen and oxygen atoms in total. The number of aliphatic hydroxyl groups is 1. The Morgan fingerprint density at radius 1 is 1.50 bits per heavy atom. The number of rotatable bonds is 7. The first-order chi connectivity index (χ1) is 8.56. The lowest BCUT2D eigenvalue weighted by molar-refractivity contribution is 0.0696. The van der Waals surface area contributed by atoms with Crippen molar-refractivity contribution in [2.75, 3.05) is 6.61 Å². The summed E-state index contributed by atoms with van der Waals surface area (Å²) >= 11 is 1.51. The molecule has 0 aliphatic heterocycles. The summed E-state index contributed by atoms with van der Waals surface area (Å²) < 4.78 is 0. The summed E-state index contributed by atoms with van der Waals surface area (Å²) in [5.74, 6) is -0.925. The van der Waals surface area contributed by atoms with E-state index in [0.717, 1.165) is 23.6 Å². The fourth-order valence-corrected chi connectivity index (χ4v) is 2.58. The largest absolute Gasteiger partial charge is 0.478 e. The van der Waals surface area contributed by atoms with Crippen LogP contribution in [-0.4, -0.2) is 33.0 Å². The number of aromatic carboxylic acids is 1. The molecule has 0 fully saturated rings. The van der Waals surface area contributed by atoms with E-state index in [1.165, 1.54) is 11.8 Å². The van der Waals surface area contributed by atoms with E-state index in [0.29, 0.717) is 6.42 Å². The van der Waals surface area contributed by atoms with E-state index in [2.05, 4.69) is 4.98 Å². The number of aromatic nitrogens is 1. The van der Waals surface area contributed by atoms with Gasteiger partial charge in [-0.25, -0.2) is 9.78 Å². The average molecular weight is 269 g/mol. The number of thioether (sulfide) groups is 1. The van der Waals surface area contributed by atoms with Gasteiger partial charge in [0.25, 0.3) is 0 Å². The average Bonchev–Trinajstić information content (AvgIpc) is 2.29. The number of carboxylic acid groups (broad SMARTS) is 1. The zero-order valence-electron chi connectivity index (χ0n) is 10.7. The molecule has 1 atom stereocenters. The molecule has 2 N–H and O–H groups in total. The highest BCUT2D eigenvalue weighted by Gasteiger charge is 2.11. The summed E-state index contributed by atoms with van der Waals surface area (Å²) in [6, 6.07) is 3.23. The lowest BCUT2D eigenvalue weighted by Gasteiger charge is -2.10. The van der Waals surface area contributed by atoms with Gasteiger partial charge in [-0.05, 0) is 25.0 Å². The molecule has 0 aliphatic carbocycles. The topological polar surface area (TPSA) is 70.4 Å². The van der Waals surface area contributed by atoms with Crippen molar-refractivity contribution < 1.29 is 15.0 Å². The summed E-state index contributed by atoms with van der Waals surface area (Å²) in [6.07, 6.45) is 2.39. The van der Waals surface area contributed by atoms with Crippen LogP contribution < -0.4 is 0 Å². The molecule has 1 unspecified atom stereocenters. The van der Waals surface area contributed by atoms with Gasteiger partial charge in [0.1, 0.15) is 0 Å².